The van der Waals surface area contributed by atoms with Crippen LogP contribution in [-0.2, 0) is 9.53 Å². The summed E-state index contributed by atoms with van der Waals surface area (Å²) in [6.45, 7) is 1.95. The maximum atomic E-state index is 13.2. The Morgan fingerprint density at radius 3 is 2.33 bits per heavy atom. The van der Waals surface area contributed by atoms with Crippen molar-refractivity contribution in [2.75, 3.05) is 13.7 Å². The first-order valence-corrected chi connectivity index (χ1v) is 10.1. The van der Waals surface area contributed by atoms with Crippen LogP contribution >= 0.6 is 12.2 Å². The molecule has 2 aromatic carbocycles. The summed E-state index contributed by atoms with van der Waals surface area (Å²) in [5.74, 6) is -1.31. The molecule has 30 heavy (non-hydrogen) atoms. The lowest BCUT2D eigenvalue weighted by atomic mass is 9.93. The number of carbonyl (C=O) groups excluding carboxylic acids is 3. The molecule has 0 fully saturated rings. The molecule has 0 radical (unpaired) electrons. The van der Waals surface area contributed by atoms with E-state index in [1.807, 2.05) is 19.1 Å². The van der Waals surface area contributed by atoms with E-state index in [-0.39, 0.29) is 6.54 Å². The topological polar surface area (TPSA) is 87.7 Å². The standard InChI is InChI=1S/C22H21N3O4S/c1-3-6-15-18(21(28)29-2)16(24-22(30)23-15)11-25-19(26)13-9-4-7-12-8-5-10-14(17(12)13)20(25)27/h4-5,7-10,16H,3,6,11H2,1-2H3,(H2,23,24,30). The van der Waals surface area contributed by atoms with Gasteiger partial charge in [-0.05, 0) is 36.2 Å². The number of methoxy groups -OCH3 is 1. The molecule has 0 bridgehead atoms. The number of hydrogen-bond donors (Lipinski definition) is 2. The Morgan fingerprint density at radius 2 is 1.77 bits per heavy atom. The zero-order valence-electron chi connectivity index (χ0n) is 16.7. The van der Waals surface area contributed by atoms with Gasteiger partial charge in [0.05, 0.1) is 25.3 Å². The number of benzene rings is 2. The molecule has 1 atom stereocenters. The third-order valence-electron chi connectivity index (χ3n) is 5.37. The van der Waals surface area contributed by atoms with Crippen LogP contribution < -0.4 is 10.6 Å². The predicted molar refractivity (Wildman–Crippen MR) is 116 cm³/mol. The predicted octanol–water partition coefficient (Wildman–Crippen LogP) is 2.51. The molecule has 1 unspecified atom stereocenters. The maximum absolute atomic E-state index is 13.2. The van der Waals surface area contributed by atoms with Gasteiger partial charge < -0.3 is 15.4 Å². The number of imide groups is 1. The molecule has 0 saturated heterocycles. The van der Waals surface area contributed by atoms with Crippen LogP contribution in [0.2, 0.25) is 0 Å². The molecule has 0 aromatic heterocycles. The van der Waals surface area contributed by atoms with Gasteiger partial charge in [-0.2, -0.15) is 0 Å². The first kappa shape index (κ1) is 20.0. The lowest BCUT2D eigenvalue weighted by Gasteiger charge is -2.35. The van der Waals surface area contributed by atoms with Crippen molar-refractivity contribution in [3.8, 4) is 0 Å². The number of carbonyl (C=O) groups is 3. The van der Waals surface area contributed by atoms with Crippen molar-refractivity contribution >= 4 is 45.9 Å². The van der Waals surface area contributed by atoms with E-state index in [4.69, 9.17) is 17.0 Å². The van der Waals surface area contributed by atoms with Gasteiger partial charge in [0, 0.05) is 22.2 Å². The monoisotopic (exact) mass is 423 g/mol. The van der Waals surface area contributed by atoms with Crippen molar-refractivity contribution in [3.63, 3.8) is 0 Å². The number of esters is 1. The van der Waals surface area contributed by atoms with E-state index in [9.17, 15) is 14.4 Å². The Kier molecular flexibility index (Phi) is 5.26. The first-order valence-electron chi connectivity index (χ1n) is 9.73. The van der Waals surface area contributed by atoms with Gasteiger partial charge in [-0.3, -0.25) is 14.5 Å². The van der Waals surface area contributed by atoms with Crippen LogP contribution in [0.4, 0.5) is 0 Å². The smallest absolute Gasteiger partial charge is 0.337 e. The van der Waals surface area contributed by atoms with Gasteiger partial charge >= 0.3 is 5.97 Å². The zero-order valence-corrected chi connectivity index (χ0v) is 17.5. The van der Waals surface area contributed by atoms with Gasteiger partial charge in [0.2, 0.25) is 0 Å². The van der Waals surface area contributed by atoms with Crippen LogP contribution in [0.15, 0.2) is 47.7 Å². The number of amides is 2. The molecular weight excluding hydrogens is 402 g/mol. The highest BCUT2D eigenvalue weighted by atomic mass is 32.1. The number of thiocarbonyl (C=S) groups is 1. The summed E-state index contributed by atoms with van der Waals surface area (Å²) in [6.07, 6.45) is 1.38. The summed E-state index contributed by atoms with van der Waals surface area (Å²) >= 11 is 5.29. The summed E-state index contributed by atoms with van der Waals surface area (Å²) in [4.78, 5) is 40.1. The molecule has 2 N–H and O–H groups in total. The minimum absolute atomic E-state index is 0.0398. The van der Waals surface area contributed by atoms with Crippen LogP contribution in [0.3, 0.4) is 0 Å². The van der Waals surface area contributed by atoms with Crippen LogP contribution in [0, 0.1) is 0 Å². The third-order valence-corrected chi connectivity index (χ3v) is 5.59. The summed E-state index contributed by atoms with van der Waals surface area (Å²) in [7, 11) is 1.30. The Bertz CT molecular complexity index is 1070. The van der Waals surface area contributed by atoms with Crippen molar-refractivity contribution in [2.45, 2.75) is 25.8 Å². The number of allylic oxidation sites excluding steroid dienone is 1. The SMILES string of the molecule is CCCC1=C(C(=O)OC)C(CN2C(=O)c3cccc4cccc(c34)C2=O)NC(=S)N1. The Morgan fingerprint density at radius 1 is 1.13 bits per heavy atom. The van der Waals surface area contributed by atoms with Crippen LogP contribution in [0.1, 0.15) is 40.5 Å². The quantitative estimate of drug-likeness (QED) is 0.434. The summed E-state index contributed by atoms with van der Waals surface area (Å²) in [5, 5.41) is 7.88. The second kappa shape index (κ2) is 7.87. The molecule has 2 aromatic rings. The second-order valence-electron chi connectivity index (χ2n) is 7.22. The van der Waals surface area contributed by atoms with Crippen LogP contribution in [0.5, 0.6) is 0 Å². The van der Waals surface area contributed by atoms with Crippen molar-refractivity contribution in [2.24, 2.45) is 0 Å². The lowest BCUT2D eigenvalue weighted by Crippen LogP contribution is -2.56. The van der Waals surface area contributed by atoms with E-state index >= 15 is 0 Å². The molecule has 0 spiro atoms. The zero-order chi connectivity index (χ0) is 21.4. The van der Waals surface area contributed by atoms with E-state index in [1.165, 1.54) is 12.0 Å². The molecule has 2 aliphatic heterocycles. The number of hydrogen-bond acceptors (Lipinski definition) is 5. The molecule has 2 heterocycles. The van der Waals surface area contributed by atoms with Crippen LogP contribution in [0.25, 0.3) is 10.8 Å². The number of rotatable bonds is 5. The van der Waals surface area contributed by atoms with Crippen molar-refractivity contribution < 1.29 is 19.1 Å². The molecule has 7 nitrogen and oxygen atoms in total. The minimum atomic E-state index is -0.662. The van der Waals surface area contributed by atoms with Gasteiger partial charge in [0.1, 0.15) is 0 Å². The highest BCUT2D eigenvalue weighted by Gasteiger charge is 2.38. The van der Waals surface area contributed by atoms with Gasteiger partial charge in [-0.25, -0.2) is 4.79 Å². The van der Waals surface area contributed by atoms with Crippen molar-refractivity contribution in [3.05, 3.63) is 58.8 Å². The third kappa shape index (κ3) is 3.23. The van der Waals surface area contributed by atoms with Gasteiger partial charge in [-0.15, -0.1) is 0 Å². The molecule has 0 saturated carbocycles. The maximum Gasteiger partial charge on any atom is 0.337 e. The molecule has 2 amide bonds. The average molecular weight is 423 g/mol. The lowest BCUT2D eigenvalue weighted by molar-refractivity contribution is -0.136. The average Bonchev–Trinajstić information content (AvgIpc) is 2.74. The molecular formula is C22H21N3O4S. The van der Waals surface area contributed by atoms with Crippen molar-refractivity contribution in [1.82, 2.24) is 15.5 Å². The highest BCUT2D eigenvalue weighted by Crippen LogP contribution is 2.31. The largest absolute Gasteiger partial charge is 0.466 e. The number of ether oxygens (including phenoxy) is 1. The first-order chi connectivity index (χ1) is 14.5. The fourth-order valence-electron chi connectivity index (χ4n) is 4.07. The van der Waals surface area contributed by atoms with E-state index < -0.39 is 23.8 Å². The summed E-state index contributed by atoms with van der Waals surface area (Å²) in [5.41, 5.74) is 1.94. The number of nitrogens with zero attached hydrogens (tertiary/aromatic N) is 1. The fourth-order valence-corrected chi connectivity index (χ4v) is 4.34. The Labute approximate surface area is 179 Å². The molecule has 154 valence electrons. The normalized spacial score (nSPS) is 18.4. The van der Waals surface area contributed by atoms with Gasteiger partial charge in [0.15, 0.2) is 5.11 Å². The number of nitrogens with one attached hydrogen (secondary N) is 2. The van der Waals surface area contributed by atoms with E-state index in [0.717, 1.165) is 11.8 Å². The second-order valence-corrected chi connectivity index (χ2v) is 7.62. The summed E-state index contributed by atoms with van der Waals surface area (Å²) < 4.78 is 4.97. The van der Waals surface area contributed by atoms with Crippen LogP contribution in [-0.4, -0.2) is 47.5 Å². The van der Waals surface area contributed by atoms with E-state index in [0.29, 0.717) is 39.3 Å². The molecule has 2 aliphatic rings. The Hall–Kier alpha value is -3.26. The minimum Gasteiger partial charge on any atom is -0.466 e. The van der Waals surface area contributed by atoms with Gasteiger partial charge in [0.25, 0.3) is 11.8 Å². The van der Waals surface area contributed by atoms with E-state index in [1.54, 1.807) is 24.3 Å². The Balaban J connectivity index is 1.75. The molecule has 8 heteroatoms. The van der Waals surface area contributed by atoms with E-state index in [2.05, 4.69) is 10.6 Å². The highest BCUT2D eigenvalue weighted by molar-refractivity contribution is 7.80. The molecule has 0 aliphatic carbocycles. The molecule has 4 rings (SSSR count). The van der Waals surface area contributed by atoms with Gasteiger partial charge in [-0.1, -0.05) is 37.6 Å². The summed E-state index contributed by atoms with van der Waals surface area (Å²) in [6, 6.07) is 10.1. The fraction of sp³-hybridized carbons (Fsp3) is 0.273. The van der Waals surface area contributed by atoms with Crippen molar-refractivity contribution in [1.29, 1.82) is 0 Å².